The van der Waals surface area contributed by atoms with E-state index in [0.29, 0.717) is 19.9 Å². The fourth-order valence-corrected chi connectivity index (χ4v) is 1.43. The highest BCUT2D eigenvalue weighted by atomic mass is 19.2. The zero-order chi connectivity index (χ0) is 12.9. The Kier molecular flexibility index (Phi) is 2.39. The normalized spacial score (nSPS) is 48.9. The molecule has 1 rings (SSSR count). The van der Waals surface area contributed by atoms with E-state index in [0.717, 1.165) is 0 Å². The molecule has 1 aliphatic carbocycles. The van der Waals surface area contributed by atoms with E-state index in [1.54, 1.807) is 0 Å². The fraction of sp³-hybridized carbons (Fsp3) is 0.667. The summed E-state index contributed by atoms with van der Waals surface area (Å²) in [7, 11) is 0. The number of ketones is 2. The van der Waals surface area contributed by atoms with Gasteiger partial charge in [-0.2, -0.15) is 5.26 Å². The van der Waals surface area contributed by atoms with E-state index < -0.39 is 34.7 Å². The first kappa shape index (κ1) is 12.6. The minimum absolute atomic E-state index is 0.310. The molecule has 7 heteroatoms. The Bertz CT molecular complexity index is 412. The molecule has 0 aliphatic heterocycles. The molecule has 0 aromatic heterocycles. The molecule has 0 N–H and O–H groups in total. The van der Waals surface area contributed by atoms with Gasteiger partial charge in [0.15, 0.2) is 0 Å². The quantitative estimate of drug-likeness (QED) is 0.594. The highest BCUT2D eigenvalue weighted by molar-refractivity contribution is 6.13. The van der Waals surface area contributed by atoms with Crippen LogP contribution >= 0.6 is 0 Å². The molecule has 1 fully saturated rings. The third-order valence-corrected chi connectivity index (χ3v) is 2.84. The molecule has 0 aromatic carbocycles. The van der Waals surface area contributed by atoms with Crippen LogP contribution in [0.2, 0.25) is 0 Å². The van der Waals surface area contributed by atoms with Gasteiger partial charge in [-0.15, -0.1) is 0 Å². The minimum atomic E-state index is -3.97. The lowest BCUT2D eigenvalue weighted by atomic mass is 9.68. The molecule has 0 amide bonds. The average molecular weight is 237 g/mol. The van der Waals surface area contributed by atoms with Crippen LogP contribution in [-0.4, -0.2) is 34.7 Å². The van der Waals surface area contributed by atoms with Gasteiger partial charge in [0.2, 0.25) is 29.1 Å². The van der Waals surface area contributed by atoms with Crippen molar-refractivity contribution in [1.82, 2.24) is 0 Å². The smallest absolute Gasteiger partial charge is 0.292 e. The summed E-state index contributed by atoms with van der Waals surface area (Å²) in [5.41, 5.74) is -11.0. The van der Waals surface area contributed by atoms with E-state index in [1.807, 2.05) is 0 Å². The molecule has 4 atom stereocenters. The van der Waals surface area contributed by atoms with Gasteiger partial charge in [0.05, 0.1) is 0 Å². The molecule has 0 heterocycles. The van der Waals surface area contributed by atoms with Crippen LogP contribution in [0, 0.1) is 11.3 Å². The van der Waals surface area contributed by atoms with E-state index in [4.69, 9.17) is 5.26 Å². The van der Waals surface area contributed by atoms with E-state index in [-0.39, 0.29) is 0 Å². The molecule has 0 aromatic rings. The largest absolute Gasteiger partial charge is 0.294 e. The first-order valence-corrected chi connectivity index (χ1v) is 4.24. The highest BCUT2D eigenvalue weighted by Gasteiger charge is 2.73. The molecule has 0 spiro atoms. The van der Waals surface area contributed by atoms with Crippen molar-refractivity contribution in [3.05, 3.63) is 0 Å². The molecular formula is C9H7F4NO2. The van der Waals surface area contributed by atoms with E-state index in [9.17, 15) is 27.2 Å². The molecule has 88 valence electrons. The number of carbonyl (C=O) groups excluding carboxylic acids is 2. The van der Waals surface area contributed by atoms with Crippen molar-refractivity contribution in [3.8, 4) is 6.07 Å². The summed E-state index contributed by atoms with van der Waals surface area (Å²) in [6, 6.07) is 0.585. The number of hydrogen-bond acceptors (Lipinski definition) is 3. The van der Waals surface area contributed by atoms with Crippen LogP contribution in [0.15, 0.2) is 0 Å². The second-order valence-electron chi connectivity index (χ2n) is 3.89. The maximum absolute atomic E-state index is 13.6. The summed E-state index contributed by atoms with van der Waals surface area (Å²) in [5, 5.41) is 8.28. The molecule has 0 bridgehead atoms. The molecule has 1 saturated carbocycles. The molecule has 4 unspecified atom stereocenters. The van der Waals surface area contributed by atoms with Gasteiger partial charge in [-0.25, -0.2) is 17.6 Å². The fourth-order valence-electron chi connectivity index (χ4n) is 1.43. The number of Topliss-reactive ketones (excluding diaryl/α,β-unsaturated/α-hetero) is 2. The molecule has 16 heavy (non-hydrogen) atoms. The van der Waals surface area contributed by atoms with Gasteiger partial charge >= 0.3 is 0 Å². The Morgan fingerprint density at radius 1 is 1.19 bits per heavy atom. The first-order valence-electron chi connectivity index (χ1n) is 4.24. The van der Waals surface area contributed by atoms with E-state index >= 15 is 0 Å². The molecule has 0 radical (unpaired) electrons. The maximum Gasteiger partial charge on any atom is 0.294 e. The summed E-state index contributed by atoms with van der Waals surface area (Å²) in [5.74, 6) is -4.29. The Morgan fingerprint density at radius 3 is 2.00 bits per heavy atom. The van der Waals surface area contributed by atoms with Crippen LogP contribution in [0.25, 0.3) is 0 Å². The lowest BCUT2D eigenvalue weighted by Gasteiger charge is -2.40. The van der Waals surface area contributed by atoms with Crippen molar-refractivity contribution < 1.29 is 27.2 Å². The van der Waals surface area contributed by atoms with Crippen molar-refractivity contribution in [1.29, 1.82) is 5.26 Å². The number of alkyl halides is 4. The summed E-state index contributed by atoms with van der Waals surface area (Å²) in [4.78, 5) is 22.2. The number of halogens is 4. The Balaban J connectivity index is 3.47. The van der Waals surface area contributed by atoms with Gasteiger partial charge in [-0.3, -0.25) is 9.59 Å². The van der Waals surface area contributed by atoms with Crippen LogP contribution < -0.4 is 0 Å². The van der Waals surface area contributed by atoms with Crippen molar-refractivity contribution in [2.75, 3.05) is 0 Å². The zero-order valence-electron chi connectivity index (χ0n) is 8.35. The highest BCUT2D eigenvalue weighted by Crippen LogP contribution is 2.44. The summed E-state index contributed by atoms with van der Waals surface area (Å²) in [6.07, 6.45) is -3.32. The van der Waals surface area contributed by atoms with Gasteiger partial charge in [-0.05, 0) is 13.8 Å². The van der Waals surface area contributed by atoms with Gasteiger partial charge in [0.25, 0.3) is 5.67 Å². The van der Waals surface area contributed by atoms with Gasteiger partial charge in [0, 0.05) is 0 Å². The summed E-state index contributed by atoms with van der Waals surface area (Å²) in [6.45, 7) is 0.654. The van der Waals surface area contributed by atoms with Crippen LogP contribution in [0.3, 0.4) is 0 Å². The van der Waals surface area contributed by atoms with Crippen LogP contribution in [0.5, 0.6) is 0 Å². The maximum atomic E-state index is 13.6. The van der Waals surface area contributed by atoms with Crippen molar-refractivity contribution >= 4 is 11.6 Å². The molecular weight excluding hydrogens is 230 g/mol. The topological polar surface area (TPSA) is 57.9 Å². The summed E-state index contributed by atoms with van der Waals surface area (Å²) < 4.78 is 53.8. The predicted molar refractivity (Wildman–Crippen MR) is 43.4 cm³/mol. The predicted octanol–water partition coefficient (Wildman–Crippen LogP) is 1.16. The van der Waals surface area contributed by atoms with Crippen LogP contribution in [-0.2, 0) is 9.59 Å². The first-order chi connectivity index (χ1) is 7.03. The van der Waals surface area contributed by atoms with Crippen LogP contribution in [0.4, 0.5) is 17.6 Å². The number of rotatable bonds is 0. The monoisotopic (exact) mass is 237 g/mol. The standard InChI is InChI=1S/C9H7F4NO2/c1-7(11)5(15)4(10)9(13,3-14)6(16)8(7,2)12/h4H,1-2H3. The van der Waals surface area contributed by atoms with Gasteiger partial charge < -0.3 is 0 Å². The Morgan fingerprint density at radius 2 is 1.62 bits per heavy atom. The molecule has 1 aliphatic rings. The Labute approximate surface area is 88.0 Å². The van der Waals surface area contributed by atoms with Crippen molar-refractivity contribution in [2.24, 2.45) is 0 Å². The Hall–Kier alpha value is -1.45. The minimum Gasteiger partial charge on any atom is -0.292 e. The average Bonchev–Trinajstić information content (AvgIpc) is 2.22. The van der Waals surface area contributed by atoms with Gasteiger partial charge in [-0.1, -0.05) is 0 Å². The van der Waals surface area contributed by atoms with E-state index in [2.05, 4.69) is 0 Å². The molecule has 0 saturated heterocycles. The number of hydrogen-bond donors (Lipinski definition) is 0. The van der Waals surface area contributed by atoms with Gasteiger partial charge in [0.1, 0.15) is 6.07 Å². The number of carbonyl (C=O) groups is 2. The number of nitriles is 1. The van der Waals surface area contributed by atoms with Crippen molar-refractivity contribution in [3.63, 3.8) is 0 Å². The second-order valence-corrected chi connectivity index (χ2v) is 3.89. The van der Waals surface area contributed by atoms with Crippen molar-refractivity contribution in [2.45, 2.75) is 37.0 Å². The van der Waals surface area contributed by atoms with Crippen LogP contribution in [0.1, 0.15) is 13.8 Å². The lowest BCUT2D eigenvalue weighted by Crippen LogP contribution is -2.70. The SMILES string of the molecule is CC1(F)C(=O)C(F)C(F)(C#N)C(=O)C1(C)F. The summed E-state index contributed by atoms with van der Waals surface area (Å²) >= 11 is 0. The third-order valence-electron chi connectivity index (χ3n) is 2.84. The third kappa shape index (κ3) is 1.13. The lowest BCUT2D eigenvalue weighted by molar-refractivity contribution is -0.176. The second kappa shape index (κ2) is 3.03. The number of nitrogens with zero attached hydrogens (tertiary/aromatic N) is 1. The zero-order valence-corrected chi connectivity index (χ0v) is 8.35. The van der Waals surface area contributed by atoms with E-state index in [1.165, 1.54) is 0 Å². The molecule has 3 nitrogen and oxygen atoms in total.